The lowest BCUT2D eigenvalue weighted by Gasteiger charge is -2.09. The number of aryl methyl sites for hydroxylation is 1. The minimum atomic E-state index is -0.440. The standard InChI is InChI=1S/C26H27N9O2/c1-35-16-22(24(34-35)26(37)30-10-8-19-15-27-11-12-28-19)33-25(36)21-4-2-3-20(32-21)18-7-9-29-23(13-18)31-14-17-5-6-17/h2-4,7,9,11-13,15-17H,5-6,8,10,14H2,1H3,(H,29,31)(H,30,37)(H,33,36). The van der Waals surface area contributed by atoms with Crippen LogP contribution < -0.4 is 16.0 Å². The van der Waals surface area contributed by atoms with E-state index in [1.54, 1.807) is 50.2 Å². The zero-order chi connectivity index (χ0) is 25.6. The highest BCUT2D eigenvalue weighted by molar-refractivity contribution is 6.07. The molecule has 4 aromatic heterocycles. The van der Waals surface area contributed by atoms with Crippen molar-refractivity contribution in [3.8, 4) is 11.3 Å². The van der Waals surface area contributed by atoms with Crippen LogP contribution in [0.15, 0.2) is 61.3 Å². The van der Waals surface area contributed by atoms with E-state index in [2.05, 4.69) is 41.0 Å². The molecule has 0 spiro atoms. The maximum Gasteiger partial charge on any atom is 0.274 e. The molecule has 4 heterocycles. The molecule has 2 amide bonds. The molecule has 1 fully saturated rings. The van der Waals surface area contributed by atoms with Gasteiger partial charge in [0.05, 0.1) is 17.1 Å². The first-order valence-electron chi connectivity index (χ1n) is 12.1. The normalized spacial score (nSPS) is 12.7. The zero-order valence-electron chi connectivity index (χ0n) is 20.4. The van der Waals surface area contributed by atoms with Crippen molar-refractivity contribution < 1.29 is 9.59 Å². The van der Waals surface area contributed by atoms with Crippen LogP contribution in [0.3, 0.4) is 0 Å². The monoisotopic (exact) mass is 497 g/mol. The number of nitrogens with zero attached hydrogens (tertiary/aromatic N) is 6. The van der Waals surface area contributed by atoms with Crippen molar-refractivity contribution in [1.29, 1.82) is 0 Å². The molecule has 1 aliphatic rings. The average Bonchev–Trinajstić information content (AvgIpc) is 3.69. The smallest absolute Gasteiger partial charge is 0.274 e. The molecule has 5 rings (SSSR count). The Morgan fingerprint density at radius 3 is 2.78 bits per heavy atom. The summed E-state index contributed by atoms with van der Waals surface area (Å²) in [6.07, 6.45) is 11.2. The Kier molecular flexibility index (Phi) is 7.11. The number of hydrogen-bond acceptors (Lipinski definition) is 8. The van der Waals surface area contributed by atoms with Crippen molar-refractivity contribution in [2.24, 2.45) is 13.0 Å². The maximum atomic E-state index is 13.0. The Balaban J connectivity index is 1.25. The largest absolute Gasteiger partial charge is 0.370 e. The Bertz CT molecular complexity index is 1400. The number of hydrogen-bond donors (Lipinski definition) is 3. The van der Waals surface area contributed by atoms with E-state index in [4.69, 9.17) is 0 Å². The van der Waals surface area contributed by atoms with Crippen molar-refractivity contribution >= 4 is 23.3 Å². The number of amides is 2. The van der Waals surface area contributed by atoms with Crippen LogP contribution >= 0.6 is 0 Å². The highest BCUT2D eigenvalue weighted by atomic mass is 16.2. The second-order valence-electron chi connectivity index (χ2n) is 8.88. The molecular formula is C26H27N9O2. The van der Waals surface area contributed by atoms with Crippen molar-refractivity contribution in [3.63, 3.8) is 0 Å². The third-order valence-electron chi connectivity index (χ3n) is 5.88. The van der Waals surface area contributed by atoms with Gasteiger partial charge in [-0.05, 0) is 43.0 Å². The summed E-state index contributed by atoms with van der Waals surface area (Å²) in [6, 6.07) is 9.03. The summed E-state index contributed by atoms with van der Waals surface area (Å²) in [7, 11) is 1.68. The predicted molar refractivity (Wildman–Crippen MR) is 138 cm³/mol. The summed E-state index contributed by atoms with van der Waals surface area (Å²) >= 11 is 0. The SMILES string of the molecule is Cn1cc(NC(=O)c2cccc(-c3ccnc(NCC4CC4)c3)n2)c(C(=O)NCCc2cnccn2)n1. The summed E-state index contributed by atoms with van der Waals surface area (Å²) in [4.78, 5) is 42.9. The van der Waals surface area contributed by atoms with E-state index in [9.17, 15) is 9.59 Å². The lowest BCUT2D eigenvalue weighted by atomic mass is 10.1. The lowest BCUT2D eigenvalue weighted by Crippen LogP contribution is -2.27. The molecule has 11 nitrogen and oxygen atoms in total. The fraction of sp³-hybridized carbons (Fsp3) is 0.269. The number of carbonyl (C=O) groups is 2. The average molecular weight is 498 g/mol. The van der Waals surface area contributed by atoms with Crippen molar-refractivity contribution in [3.05, 3.63) is 78.4 Å². The van der Waals surface area contributed by atoms with Crippen LogP contribution in [0.5, 0.6) is 0 Å². The second kappa shape index (κ2) is 10.9. The maximum absolute atomic E-state index is 13.0. The number of carbonyl (C=O) groups excluding carboxylic acids is 2. The molecule has 37 heavy (non-hydrogen) atoms. The molecule has 0 unspecified atom stereocenters. The van der Waals surface area contributed by atoms with Gasteiger partial charge in [-0.15, -0.1) is 0 Å². The predicted octanol–water partition coefficient (Wildman–Crippen LogP) is 2.71. The van der Waals surface area contributed by atoms with Crippen molar-refractivity contribution in [2.75, 3.05) is 23.7 Å². The van der Waals surface area contributed by atoms with Crippen LogP contribution in [0.25, 0.3) is 11.3 Å². The van der Waals surface area contributed by atoms with Gasteiger partial charge in [0.25, 0.3) is 11.8 Å². The second-order valence-corrected chi connectivity index (χ2v) is 8.88. The van der Waals surface area contributed by atoms with E-state index in [1.807, 2.05) is 18.2 Å². The third-order valence-corrected chi connectivity index (χ3v) is 5.88. The van der Waals surface area contributed by atoms with Gasteiger partial charge >= 0.3 is 0 Å². The third kappa shape index (κ3) is 6.31. The molecule has 1 aliphatic carbocycles. The molecule has 3 N–H and O–H groups in total. The molecule has 0 saturated heterocycles. The van der Waals surface area contributed by atoms with Crippen LogP contribution in [0.2, 0.25) is 0 Å². The number of anilines is 2. The van der Waals surface area contributed by atoms with Crippen molar-refractivity contribution in [2.45, 2.75) is 19.3 Å². The molecule has 0 aliphatic heterocycles. The molecule has 11 heteroatoms. The topological polar surface area (TPSA) is 140 Å². The van der Waals surface area contributed by atoms with Gasteiger partial charge in [-0.25, -0.2) is 9.97 Å². The van der Waals surface area contributed by atoms with E-state index in [0.717, 1.165) is 29.5 Å². The van der Waals surface area contributed by atoms with Crippen LogP contribution in [0, 0.1) is 5.92 Å². The minimum Gasteiger partial charge on any atom is -0.370 e. The van der Waals surface area contributed by atoms with Gasteiger partial charge < -0.3 is 16.0 Å². The fourth-order valence-electron chi connectivity index (χ4n) is 3.76. The van der Waals surface area contributed by atoms with Crippen LogP contribution in [-0.4, -0.2) is 54.6 Å². The molecule has 188 valence electrons. The molecule has 0 radical (unpaired) electrons. The number of pyridine rings is 2. The first-order chi connectivity index (χ1) is 18.0. The number of aromatic nitrogens is 6. The fourth-order valence-corrected chi connectivity index (χ4v) is 3.76. The lowest BCUT2D eigenvalue weighted by molar-refractivity contribution is 0.0949. The van der Waals surface area contributed by atoms with E-state index in [1.165, 1.54) is 17.5 Å². The van der Waals surface area contributed by atoms with E-state index in [0.29, 0.717) is 24.3 Å². The summed E-state index contributed by atoms with van der Waals surface area (Å²) < 4.78 is 1.48. The minimum absolute atomic E-state index is 0.117. The van der Waals surface area contributed by atoms with E-state index < -0.39 is 11.8 Å². The van der Waals surface area contributed by atoms with Crippen molar-refractivity contribution in [1.82, 2.24) is 35.0 Å². The molecule has 0 aromatic carbocycles. The summed E-state index contributed by atoms with van der Waals surface area (Å²) in [5, 5.41) is 13.2. The molecule has 4 aromatic rings. The Morgan fingerprint density at radius 1 is 1.08 bits per heavy atom. The Labute approximate surface area is 213 Å². The van der Waals surface area contributed by atoms with Crippen LogP contribution in [0.4, 0.5) is 11.5 Å². The summed E-state index contributed by atoms with van der Waals surface area (Å²) in [5.74, 6) is 0.675. The molecule has 0 bridgehead atoms. The van der Waals surface area contributed by atoms with E-state index >= 15 is 0 Å². The highest BCUT2D eigenvalue weighted by Gasteiger charge is 2.21. The summed E-state index contributed by atoms with van der Waals surface area (Å²) in [6.45, 7) is 1.27. The van der Waals surface area contributed by atoms with Gasteiger partial charge in [0.1, 0.15) is 11.5 Å². The van der Waals surface area contributed by atoms with Gasteiger partial charge in [0.15, 0.2) is 5.69 Å². The molecule has 0 atom stereocenters. The number of nitrogens with one attached hydrogen (secondary N) is 3. The van der Waals surface area contributed by atoms with Gasteiger partial charge in [-0.3, -0.25) is 24.2 Å². The molecule has 1 saturated carbocycles. The highest BCUT2D eigenvalue weighted by Crippen LogP contribution is 2.29. The Morgan fingerprint density at radius 2 is 1.97 bits per heavy atom. The zero-order valence-corrected chi connectivity index (χ0v) is 20.4. The first-order valence-corrected chi connectivity index (χ1v) is 12.1. The van der Waals surface area contributed by atoms with Gasteiger partial charge in [0.2, 0.25) is 0 Å². The van der Waals surface area contributed by atoms with E-state index in [-0.39, 0.29) is 11.4 Å². The number of rotatable bonds is 10. The summed E-state index contributed by atoms with van der Waals surface area (Å²) in [5.41, 5.74) is 2.91. The van der Waals surface area contributed by atoms with Gasteiger partial charge in [0, 0.05) is 63.1 Å². The van der Waals surface area contributed by atoms with Crippen LogP contribution in [0.1, 0.15) is 39.5 Å². The van der Waals surface area contributed by atoms with Gasteiger partial charge in [-0.2, -0.15) is 5.10 Å². The van der Waals surface area contributed by atoms with Gasteiger partial charge in [-0.1, -0.05) is 6.07 Å². The van der Waals surface area contributed by atoms with Crippen LogP contribution in [-0.2, 0) is 13.5 Å². The first kappa shape index (κ1) is 24.0. The Hall–Kier alpha value is -4.67. The molecular weight excluding hydrogens is 470 g/mol. The quantitative estimate of drug-likeness (QED) is 0.304.